The predicted octanol–water partition coefficient (Wildman–Crippen LogP) is 9.26. The fourth-order valence-corrected chi connectivity index (χ4v) is 9.52. The molecule has 0 unspecified atom stereocenters. The lowest BCUT2D eigenvalue weighted by Crippen LogP contribution is -2.24. The van der Waals surface area contributed by atoms with E-state index >= 15 is 0 Å². The molecule has 1 aliphatic heterocycles. The summed E-state index contributed by atoms with van der Waals surface area (Å²) < 4.78 is 29.4. The van der Waals surface area contributed by atoms with Gasteiger partial charge in [0.05, 0.1) is 0 Å². The van der Waals surface area contributed by atoms with E-state index in [9.17, 15) is 4.57 Å². The molecular formula is C36H23O3PS. The number of para-hydroxylation sites is 2. The summed E-state index contributed by atoms with van der Waals surface area (Å²) in [5, 5.41) is 4.90. The SMILES string of the molecule is O=P(c1ccccc1)(c1ccccc1)c1ccc2c(c1)sc1cc(-c3ccc4c(c3)Oc3ccccc3O4)ccc12. The van der Waals surface area contributed by atoms with E-state index in [1.165, 1.54) is 15.5 Å². The first-order valence-electron chi connectivity index (χ1n) is 13.4. The molecule has 0 aliphatic carbocycles. The third kappa shape index (κ3) is 3.99. The second-order valence-corrected chi connectivity index (χ2v) is 13.9. The quantitative estimate of drug-likeness (QED) is 0.199. The molecule has 1 aliphatic rings. The Morgan fingerprint density at radius 2 is 0.951 bits per heavy atom. The zero-order valence-electron chi connectivity index (χ0n) is 21.9. The monoisotopic (exact) mass is 566 g/mol. The first-order valence-corrected chi connectivity index (χ1v) is 16.0. The summed E-state index contributed by atoms with van der Waals surface area (Å²) in [6, 6.07) is 46.3. The molecule has 0 saturated heterocycles. The summed E-state index contributed by atoms with van der Waals surface area (Å²) >= 11 is 1.73. The summed E-state index contributed by atoms with van der Waals surface area (Å²) in [7, 11) is -3.04. The summed E-state index contributed by atoms with van der Waals surface area (Å²) in [5.41, 5.74) is 2.17. The Balaban J connectivity index is 1.21. The number of benzene rings is 6. The van der Waals surface area contributed by atoms with Crippen molar-refractivity contribution in [1.29, 1.82) is 0 Å². The molecule has 7 aromatic rings. The molecule has 196 valence electrons. The number of ether oxygens (including phenoxy) is 2. The topological polar surface area (TPSA) is 35.5 Å². The van der Waals surface area contributed by atoms with Crippen molar-refractivity contribution in [2.45, 2.75) is 0 Å². The van der Waals surface area contributed by atoms with E-state index in [1.807, 2.05) is 103 Å². The third-order valence-electron chi connectivity index (χ3n) is 7.63. The van der Waals surface area contributed by atoms with Crippen LogP contribution in [0.2, 0.25) is 0 Å². The van der Waals surface area contributed by atoms with Crippen LogP contribution >= 0.6 is 18.5 Å². The Morgan fingerprint density at radius 1 is 0.439 bits per heavy atom. The average molecular weight is 567 g/mol. The lowest BCUT2D eigenvalue weighted by molar-refractivity contribution is 0.360. The second kappa shape index (κ2) is 9.49. The summed E-state index contributed by atoms with van der Waals surface area (Å²) in [6.07, 6.45) is 0. The molecule has 1 aromatic heterocycles. The number of thiophene rings is 1. The minimum Gasteiger partial charge on any atom is -0.450 e. The Bertz CT molecular complexity index is 2090. The van der Waals surface area contributed by atoms with Crippen LogP contribution in [-0.2, 0) is 4.57 Å². The van der Waals surface area contributed by atoms with E-state index in [0.29, 0.717) is 11.5 Å². The highest BCUT2D eigenvalue weighted by molar-refractivity contribution is 7.85. The zero-order valence-corrected chi connectivity index (χ0v) is 23.6. The van der Waals surface area contributed by atoms with Crippen LogP contribution in [0.5, 0.6) is 23.0 Å². The van der Waals surface area contributed by atoms with Crippen LogP contribution in [0.25, 0.3) is 31.3 Å². The highest BCUT2D eigenvalue weighted by atomic mass is 32.1. The van der Waals surface area contributed by atoms with Crippen LogP contribution in [0, 0.1) is 0 Å². The van der Waals surface area contributed by atoms with E-state index in [4.69, 9.17) is 9.47 Å². The van der Waals surface area contributed by atoms with Gasteiger partial charge in [-0.05, 0) is 47.5 Å². The molecule has 0 amide bonds. The molecule has 0 atom stereocenters. The first kappa shape index (κ1) is 24.2. The molecule has 0 N–H and O–H groups in total. The van der Waals surface area contributed by atoms with E-state index < -0.39 is 7.14 Å². The molecule has 2 heterocycles. The van der Waals surface area contributed by atoms with Gasteiger partial charge in [-0.2, -0.15) is 0 Å². The summed E-state index contributed by atoms with van der Waals surface area (Å²) in [4.78, 5) is 0. The van der Waals surface area contributed by atoms with Gasteiger partial charge in [0.15, 0.2) is 30.1 Å². The Kier molecular flexibility index (Phi) is 5.60. The van der Waals surface area contributed by atoms with Crippen LogP contribution in [-0.4, -0.2) is 0 Å². The molecule has 0 saturated carbocycles. The Hall–Kier alpha value is -4.63. The van der Waals surface area contributed by atoms with Gasteiger partial charge in [-0.25, -0.2) is 0 Å². The highest BCUT2D eigenvalue weighted by Gasteiger charge is 2.30. The molecule has 3 nitrogen and oxygen atoms in total. The number of hydrogen-bond donors (Lipinski definition) is 0. The molecule has 0 bridgehead atoms. The summed E-state index contributed by atoms with van der Waals surface area (Å²) in [5.74, 6) is 2.86. The molecule has 6 aromatic carbocycles. The van der Waals surface area contributed by atoms with E-state index in [2.05, 4.69) is 36.4 Å². The van der Waals surface area contributed by atoms with Crippen molar-refractivity contribution >= 4 is 54.6 Å². The maximum absolute atomic E-state index is 14.9. The lowest BCUT2D eigenvalue weighted by Gasteiger charge is -2.21. The van der Waals surface area contributed by atoms with Crippen molar-refractivity contribution < 1.29 is 14.0 Å². The van der Waals surface area contributed by atoms with Gasteiger partial charge in [0.25, 0.3) is 0 Å². The summed E-state index contributed by atoms with van der Waals surface area (Å²) in [6.45, 7) is 0. The van der Waals surface area contributed by atoms with Crippen molar-refractivity contribution in [2.75, 3.05) is 0 Å². The smallest absolute Gasteiger partial charge is 0.171 e. The molecule has 8 rings (SSSR count). The van der Waals surface area contributed by atoms with Gasteiger partial charge in [0.1, 0.15) is 0 Å². The molecule has 5 heteroatoms. The molecule has 41 heavy (non-hydrogen) atoms. The third-order valence-corrected chi connectivity index (χ3v) is 11.8. The Labute approximate surface area is 241 Å². The molecular weight excluding hydrogens is 543 g/mol. The minimum absolute atomic E-state index is 0.708. The minimum atomic E-state index is -3.04. The maximum Gasteiger partial charge on any atom is 0.171 e. The largest absolute Gasteiger partial charge is 0.450 e. The normalized spacial score (nSPS) is 12.4. The van der Waals surface area contributed by atoms with Gasteiger partial charge >= 0.3 is 0 Å². The van der Waals surface area contributed by atoms with Crippen molar-refractivity contribution in [2.24, 2.45) is 0 Å². The second-order valence-electron chi connectivity index (χ2n) is 10.1. The van der Waals surface area contributed by atoms with Crippen LogP contribution in [0.1, 0.15) is 0 Å². The van der Waals surface area contributed by atoms with Crippen molar-refractivity contribution in [3.05, 3.63) is 140 Å². The first-order chi connectivity index (χ1) is 20.2. The fraction of sp³-hybridized carbons (Fsp3) is 0. The molecule has 0 radical (unpaired) electrons. The highest BCUT2D eigenvalue weighted by Crippen LogP contribution is 2.47. The van der Waals surface area contributed by atoms with Crippen molar-refractivity contribution in [3.8, 4) is 34.1 Å². The van der Waals surface area contributed by atoms with Crippen molar-refractivity contribution in [1.82, 2.24) is 0 Å². The number of rotatable bonds is 4. The van der Waals surface area contributed by atoms with Gasteiger partial charge in [0.2, 0.25) is 0 Å². The van der Waals surface area contributed by atoms with E-state index in [-0.39, 0.29) is 0 Å². The van der Waals surface area contributed by atoms with Gasteiger partial charge < -0.3 is 14.0 Å². The van der Waals surface area contributed by atoms with Gasteiger partial charge in [-0.1, -0.05) is 103 Å². The van der Waals surface area contributed by atoms with Crippen LogP contribution in [0.4, 0.5) is 0 Å². The van der Waals surface area contributed by atoms with E-state index in [1.54, 1.807) is 11.3 Å². The maximum atomic E-state index is 14.9. The number of hydrogen-bond acceptors (Lipinski definition) is 4. The van der Waals surface area contributed by atoms with Gasteiger partial charge in [-0.15, -0.1) is 11.3 Å². The standard InChI is InChI=1S/C36H23O3PS/c37-40(26-9-3-1-4-10-26,27-11-5-2-6-12-27)28-17-19-30-29-18-15-25(22-35(29)41-36(30)23-28)24-16-20-33-34(21-24)39-32-14-8-7-13-31(32)38-33/h1-23H. The molecule has 0 fully saturated rings. The average Bonchev–Trinajstić information content (AvgIpc) is 3.41. The van der Waals surface area contributed by atoms with Crippen LogP contribution in [0.15, 0.2) is 140 Å². The van der Waals surface area contributed by atoms with Crippen LogP contribution in [0.3, 0.4) is 0 Å². The number of fused-ring (bicyclic) bond motifs is 5. The van der Waals surface area contributed by atoms with Crippen LogP contribution < -0.4 is 25.4 Å². The lowest BCUT2D eigenvalue weighted by atomic mass is 10.0. The zero-order chi connectivity index (χ0) is 27.4. The van der Waals surface area contributed by atoms with Gasteiger partial charge in [0, 0.05) is 36.1 Å². The Morgan fingerprint density at radius 3 is 1.63 bits per heavy atom. The molecule has 0 spiro atoms. The van der Waals surface area contributed by atoms with Crippen molar-refractivity contribution in [3.63, 3.8) is 0 Å². The fourth-order valence-electron chi connectivity index (χ4n) is 5.57. The van der Waals surface area contributed by atoms with E-state index in [0.717, 1.165) is 43.2 Å². The predicted molar refractivity (Wildman–Crippen MR) is 171 cm³/mol. The van der Waals surface area contributed by atoms with Gasteiger partial charge in [-0.3, -0.25) is 0 Å².